The maximum atomic E-state index is 11.7. The van der Waals surface area contributed by atoms with E-state index in [9.17, 15) is 9.59 Å². The van der Waals surface area contributed by atoms with Gasteiger partial charge in [-0.3, -0.25) is 4.79 Å². The van der Waals surface area contributed by atoms with Crippen LogP contribution in [0.1, 0.15) is 22.2 Å². The molecule has 0 saturated heterocycles. The first kappa shape index (κ1) is 14.2. The number of nitrogens with zero attached hydrogens (tertiary/aromatic N) is 2. The summed E-state index contributed by atoms with van der Waals surface area (Å²) in [6.45, 7) is 3.27. The number of carboxylic acid groups (broad SMARTS) is 1. The van der Waals surface area contributed by atoms with Crippen LogP contribution in [0.4, 0.5) is 5.82 Å². The van der Waals surface area contributed by atoms with Gasteiger partial charge in [-0.05, 0) is 19.4 Å². The molecule has 0 saturated carbocycles. The zero-order valence-corrected chi connectivity index (χ0v) is 11.9. The minimum absolute atomic E-state index is 0.397. The number of anilines is 1. The predicted octanol–water partition coefficient (Wildman–Crippen LogP) is 1.67. The van der Waals surface area contributed by atoms with E-state index in [1.54, 1.807) is 6.92 Å². The number of fused-ring (bicyclic) bond motifs is 1. The summed E-state index contributed by atoms with van der Waals surface area (Å²) in [5.41, 5.74) is 0.678. The molecule has 0 aromatic carbocycles. The molecule has 2 aromatic heterocycles. The molecular formula is C12H13N3O4S. The molecule has 2 heterocycles. The third-order valence-electron chi connectivity index (χ3n) is 2.82. The van der Waals surface area contributed by atoms with Crippen molar-refractivity contribution in [3.63, 3.8) is 0 Å². The second-order valence-corrected chi connectivity index (χ2v) is 5.15. The number of carbonyl (C=O) groups excluding carboxylic acids is 1. The predicted molar refractivity (Wildman–Crippen MR) is 74.2 cm³/mol. The van der Waals surface area contributed by atoms with Crippen LogP contribution in [-0.4, -0.2) is 40.2 Å². The lowest BCUT2D eigenvalue weighted by Gasteiger charge is -2.10. The molecule has 0 aliphatic heterocycles. The first-order valence-corrected chi connectivity index (χ1v) is 6.59. The van der Waals surface area contributed by atoms with Crippen molar-refractivity contribution in [2.75, 3.05) is 12.4 Å². The maximum Gasteiger partial charge on any atom is 0.348 e. The molecule has 7 nitrogen and oxygen atoms in total. The highest BCUT2D eigenvalue weighted by molar-refractivity contribution is 7.20. The van der Waals surface area contributed by atoms with Crippen LogP contribution in [0.3, 0.4) is 0 Å². The number of hydrogen-bond acceptors (Lipinski definition) is 7. The van der Waals surface area contributed by atoms with Crippen molar-refractivity contribution in [3.05, 3.63) is 16.8 Å². The highest BCUT2D eigenvalue weighted by atomic mass is 32.1. The molecule has 0 bridgehead atoms. The van der Waals surface area contributed by atoms with Gasteiger partial charge >= 0.3 is 11.9 Å². The molecule has 20 heavy (non-hydrogen) atoms. The number of hydrogen-bond donors (Lipinski definition) is 2. The number of methoxy groups -OCH3 is 1. The summed E-state index contributed by atoms with van der Waals surface area (Å²) in [5, 5.41) is 12.4. The van der Waals surface area contributed by atoms with Crippen molar-refractivity contribution in [3.8, 4) is 0 Å². The first-order valence-electron chi connectivity index (χ1n) is 5.77. The van der Waals surface area contributed by atoms with E-state index < -0.39 is 18.0 Å². The second kappa shape index (κ2) is 5.41. The lowest BCUT2D eigenvalue weighted by Crippen LogP contribution is -2.26. The molecule has 2 N–H and O–H groups in total. The topological polar surface area (TPSA) is 101 Å². The summed E-state index contributed by atoms with van der Waals surface area (Å²) in [7, 11) is 1.31. The zero-order chi connectivity index (χ0) is 14.9. The van der Waals surface area contributed by atoms with E-state index in [2.05, 4.69) is 15.3 Å². The molecule has 0 aliphatic rings. The minimum Gasteiger partial charge on any atom is -0.480 e. The van der Waals surface area contributed by atoms with Crippen molar-refractivity contribution in [2.24, 2.45) is 0 Å². The molecule has 2 aromatic rings. The third-order valence-corrected chi connectivity index (χ3v) is 4.00. The van der Waals surface area contributed by atoms with Crippen molar-refractivity contribution in [2.45, 2.75) is 19.9 Å². The van der Waals surface area contributed by atoms with E-state index in [1.807, 2.05) is 0 Å². The van der Waals surface area contributed by atoms with Gasteiger partial charge in [0.05, 0.1) is 12.5 Å². The van der Waals surface area contributed by atoms with E-state index in [1.165, 1.54) is 31.7 Å². The summed E-state index contributed by atoms with van der Waals surface area (Å²) < 4.78 is 4.71. The lowest BCUT2D eigenvalue weighted by atomic mass is 10.2. The number of ether oxygens (including phenoxy) is 1. The van der Waals surface area contributed by atoms with Gasteiger partial charge < -0.3 is 15.2 Å². The molecule has 1 unspecified atom stereocenters. The van der Waals surface area contributed by atoms with Crippen LogP contribution < -0.4 is 5.32 Å². The van der Waals surface area contributed by atoms with Crippen LogP contribution in [0.2, 0.25) is 0 Å². The Morgan fingerprint density at radius 2 is 2.15 bits per heavy atom. The van der Waals surface area contributed by atoms with Crippen LogP contribution in [0.15, 0.2) is 6.33 Å². The Kier molecular flexibility index (Phi) is 3.84. The van der Waals surface area contributed by atoms with Crippen LogP contribution in [0.25, 0.3) is 10.2 Å². The number of carbonyl (C=O) groups is 2. The first-order chi connectivity index (χ1) is 9.45. The molecule has 1 atom stereocenters. The summed E-state index contributed by atoms with van der Waals surface area (Å²) in [5.74, 6) is -1.03. The Morgan fingerprint density at radius 1 is 1.45 bits per heavy atom. The number of aryl methyl sites for hydroxylation is 1. The number of nitrogens with one attached hydrogen (secondary N) is 1. The maximum absolute atomic E-state index is 11.7. The monoisotopic (exact) mass is 295 g/mol. The number of carboxylic acids is 1. The van der Waals surface area contributed by atoms with Crippen LogP contribution in [0.5, 0.6) is 0 Å². The number of thiophene rings is 1. The fourth-order valence-electron chi connectivity index (χ4n) is 1.74. The number of aliphatic carboxylic acids is 1. The van der Waals surface area contributed by atoms with E-state index in [4.69, 9.17) is 9.84 Å². The SMILES string of the molecule is COC(=O)c1sc2ncnc(NC(C)C(=O)O)c2c1C. The Balaban J connectivity index is 2.54. The average Bonchev–Trinajstić information content (AvgIpc) is 2.76. The lowest BCUT2D eigenvalue weighted by molar-refractivity contribution is -0.137. The quantitative estimate of drug-likeness (QED) is 0.827. The van der Waals surface area contributed by atoms with Crippen LogP contribution >= 0.6 is 11.3 Å². The molecule has 106 valence electrons. The van der Waals surface area contributed by atoms with Gasteiger partial charge in [-0.25, -0.2) is 14.8 Å². The van der Waals surface area contributed by atoms with Crippen LogP contribution in [0, 0.1) is 6.92 Å². The molecule has 0 radical (unpaired) electrons. The summed E-state index contributed by atoms with van der Waals surface area (Å²) in [4.78, 5) is 31.8. The van der Waals surface area contributed by atoms with Gasteiger partial charge in [-0.1, -0.05) is 0 Å². The zero-order valence-electron chi connectivity index (χ0n) is 11.1. The van der Waals surface area contributed by atoms with E-state index in [0.717, 1.165) is 0 Å². The molecule has 0 amide bonds. The Bertz CT molecular complexity index is 683. The summed E-state index contributed by atoms with van der Waals surface area (Å²) in [6, 6.07) is -0.797. The molecule has 2 rings (SSSR count). The Morgan fingerprint density at radius 3 is 2.75 bits per heavy atom. The summed E-state index contributed by atoms with van der Waals surface area (Å²) >= 11 is 1.19. The highest BCUT2D eigenvalue weighted by Crippen LogP contribution is 2.33. The van der Waals surface area contributed by atoms with E-state index in [-0.39, 0.29) is 0 Å². The van der Waals surface area contributed by atoms with Gasteiger partial charge in [0.2, 0.25) is 0 Å². The molecular weight excluding hydrogens is 282 g/mol. The van der Waals surface area contributed by atoms with Gasteiger partial charge in [-0.15, -0.1) is 11.3 Å². The van der Waals surface area contributed by atoms with Crippen molar-refractivity contribution in [1.82, 2.24) is 9.97 Å². The van der Waals surface area contributed by atoms with E-state index in [0.29, 0.717) is 26.5 Å². The van der Waals surface area contributed by atoms with Crippen LogP contribution in [-0.2, 0) is 9.53 Å². The smallest absolute Gasteiger partial charge is 0.348 e. The van der Waals surface area contributed by atoms with Crippen molar-refractivity contribution >= 4 is 39.3 Å². The summed E-state index contributed by atoms with van der Waals surface area (Å²) in [6.07, 6.45) is 1.33. The van der Waals surface area contributed by atoms with Gasteiger partial charge in [0.1, 0.15) is 27.9 Å². The number of rotatable bonds is 4. The van der Waals surface area contributed by atoms with Gasteiger partial charge in [0, 0.05) is 0 Å². The third kappa shape index (κ3) is 2.42. The highest BCUT2D eigenvalue weighted by Gasteiger charge is 2.21. The Hall–Kier alpha value is -2.22. The van der Waals surface area contributed by atoms with Gasteiger partial charge in [0.15, 0.2) is 0 Å². The molecule has 0 fully saturated rings. The Labute approximate surface area is 118 Å². The fraction of sp³-hybridized carbons (Fsp3) is 0.333. The van der Waals surface area contributed by atoms with Crippen molar-refractivity contribution < 1.29 is 19.4 Å². The largest absolute Gasteiger partial charge is 0.480 e. The standard InChI is InChI=1S/C12H13N3O4S/c1-5-7-9(15-6(2)11(16)17)13-4-14-10(7)20-8(5)12(18)19-3/h4,6H,1-3H3,(H,16,17)(H,13,14,15). The molecule has 0 spiro atoms. The second-order valence-electron chi connectivity index (χ2n) is 4.15. The van der Waals surface area contributed by atoms with Crippen molar-refractivity contribution in [1.29, 1.82) is 0 Å². The molecule has 0 aliphatic carbocycles. The van der Waals surface area contributed by atoms with Gasteiger partial charge in [0.25, 0.3) is 0 Å². The number of esters is 1. The normalized spacial score (nSPS) is 12.2. The molecule has 8 heteroatoms. The van der Waals surface area contributed by atoms with Gasteiger partial charge in [-0.2, -0.15) is 0 Å². The minimum atomic E-state index is -0.988. The van der Waals surface area contributed by atoms with E-state index >= 15 is 0 Å². The number of aromatic nitrogens is 2. The fourth-order valence-corrected chi connectivity index (χ4v) is 2.80. The average molecular weight is 295 g/mol.